The molecule has 0 atom stereocenters. The van der Waals surface area contributed by atoms with Gasteiger partial charge >= 0.3 is 0 Å². The molecule has 0 aliphatic heterocycles. The first-order chi connectivity index (χ1) is 7.88. The zero-order valence-corrected chi connectivity index (χ0v) is 11.6. The van der Waals surface area contributed by atoms with Gasteiger partial charge in [-0.1, -0.05) is 26.7 Å². The van der Waals surface area contributed by atoms with Crippen LogP contribution in [0.25, 0.3) is 0 Å². The van der Waals surface area contributed by atoms with E-state index in [1.165, 1.54) is 12.8 Å². The first-order valence-corrected chi connectivity index (χ1v) is 8.20. The molecule has 0 aromatic carbocycles. The Bertz CT molecular complexity index is 504. The van der Waals surface area contributed by atoms with E-state index in [1.807, 2.05) is 18.4 Å². The van der Waals surface area contributed by atoms with E-state index in [2.05, 4.69) is 4.98 Å². The molecule has 1 aromatic heterocycles. The summed E-state index contributed by atoms with van der Waals surface area (Å²) in [5.74, 6) is 1.81. The largest absolute Gasteiger partial charge is 0.333 e. The van der Waals surface area contributed by atoms with Gasteiger partial charge in [0.15, 0.2) is 5.03 Å². The Balaban J connectivity index is 2.24. The summed E-state index contributed by atoms with van der Waals surface area (Å²) in [7, 11) is 1.60. The summed E-state index contributed by atoms with van der Waals surface area (Å²) in [6.45, 7) is 4.83. The Hall–Kier alpha value is -0.550. The molecular weight excluding hydrogens is 260 g/mol. The van der Waals surface area contributed by atoms with Crippen molar-refractivity contribution in [2.24, 2.45) is 5.92 Å². The fraction of sp³-hybridized carbons (Fsp3) is 0.727. The predicted octanol–water partition coefficient (Wildman–Crippen LogP) is 2.73. The van der Waals surface area contributed by atoms with E-state index in [4.69, 9.17) is 10.7 Å². The van der Waals surface area contributed by atoms with Gasteiger partial charge in [-0.3, -0.25) is 0 Å². The highest BCUT2D eigenvalue weighted by Crippen LogP contribution is 2.33. The Morgan fingerprint density at radius 3 is 2.65 bits per heavy atom. The van der Waals surface area contributed by atoms with Crippen LogP contribution < -0.4 is 0 Å². The minimum absolute atomic E-state index is 0.0290. The molecular formula is C11H17ClN2O2S. The third-order valence-corrected chi connectivity index (χ3v) is 4.20. The van der Waals surface area contributed by atoms with Gasteiger partial charge in [-0.15, -0.1) is 0 Å². The molecule has 0 saturated heterocycles. The van der Waals surface area contributed by atoms with E-state index in [-0.39, 0.29) is 10.9 Å². The van der Waals surface area contributed by atoms with Gasteiger partial charge in [0.05, 0.1) is 0 Å². The van der Waals surface area contributed by atoms with Crippen LogP contribution in [0.1, 0.15) is 44.9 Å². The number of nitrogens with zero attached hydrogens (tertiary/aromatic N) is 2. The second kappa shape index (κ2) is 4.61. The lowest BCUT2D eigenvalue weighted by molar-refractivity contribution is 0.559. The monoisotopic (exact) mass is 276 g/mol. The second-order valence-electron chi connectivity index (χ2n) is 4.96. The van der Waals surface area contributed by atoms with Crippen LogP contribution >= 0.6 is 10.7 Å². The van der Waals surface area contributed by atoms with Gasteiger partial charge in [-0.2, -0.15) is 0 Å². The first-order valence-electron chi connectivity index (χ1n) is 5.89. The van der Waals surface area contributed by atoms with Crippen molar-refractivity contribution in [3.8, 4) is 0 Å². The van der Waals surface area contributed by atoms with Gasteiger partial charge in [-0.25, -0.2) is 13.4 Å². The van der Waals surface area contributed by atoms with Crippen molar-refractivity contribution in [1.29, 1.82) is 0 Å². The number of rotatable bonds is 5. The van der Waals surface area contributed by atoms with Gasteiger partial charge in [0.25, 0.3) is 9.05 Å². The van der Waals surface area contributed by atoms with Crippen molar-refractivity contribution >= 4 is 19.7 Å². The van der Waals surface area contributed by atoms with Gasteiger partial charge in [0, 0.05) is 29.3 Å². The lowest BCUT2D eigenvalue weighted by Gasteiger charge is -2.09. The van der Waals surface area contributed by atoms with E-state index in [9.17, 15) is 8.42 Å². The van der Waals surface area contributed by atoms with E-state index < -0.39 is 9.05 Å². The normalized spacial score (nSPS) is 16.7. The molecule has 2 rings (SSSR count). The van der Waals surface area contributed by atoms with Crippen molar-refractivity contribution in [1.82, 2.24) is 9.55 Å². The number of hydrogen-bond acceptors (Lipinski definition) is 3. The standard InChI is InChI=1S/C11H17ClN2O2S/c1-8(2)11-13-10(17(12,15)16)7-14(11)6-5-9-3-4-9/h7-9H,3-6H2,1-2H3. The zero-order valence-electron chi connectivity index (χ0n) is 10.1. The number of aromatic nitrogens is 2. The maximum atomic E-state index is 11.3. The second-order valence-corrected chi connectivity index (χ2v) is 7.47. The molecule has 6 heteroatoms. The smallest absolute Gasteiger partial charge is 0.280 e. The Labute approximate surface area is 106 Å². The Morgan fingerprint density at radius 2 is 2.18 bits per heavy atom. The Morgan fingerprint density at radius 1 is 1.53 bits per heavy atom. The van der Waals surface area contributed by atoms with Crippen LogP contribution in [0.4, 0.5) is 0 Å². The molecule has 0 unspecified atom stereocenters. The summed E-state index contributed by atoms with van der Waals surface area (Å²) in [5.41, 5.74) is 0. The van der Waals surface area contributed by atoms with Crippen molar-refractivity contribution in [3.05, 3.63) is 12.0 Å². The van der Waals surface area contributed by atoms with Gasteiger partial charge in [0.2, 0.25) is 0 Å². The van der Waals surface area contributed by atoms with Crippen LogP contribution in [0.15, 0.2) is 11.2 Å². The van der Waals surface area contributed by atoms with Gasteiger partial charge < -0.3 is 4.57 Å². The highest BCUT2D eigenvalue weighted by atomic mass is 35.7. The molecule has 1 aliphatic carbocycles. The SMILES string of the molecule is CC(C)c1nc(S(=O)(=O)Cl)cn1CCC1CC1. The van der Waals surface area contributed by atoms with Crippen LogP contribution in [0, 0.1) is 5.92 Å². The number of aryl methyl sites for hydroxylation is 1. The van der Waals surface area contributed by atoms with Crippen molar-refractivity contribution in [2.45, 2.75) is 50.6 Å². The van der Waals surface area contributed by atoms with Gasteiger partial charge in [0.1, 0.15) is 5.82 Å². The number of halogens is 1. The number of hydrogen-bond donors (Lipinski definition) is 0. The van der Waals surface area contributed by atoms with Crippen LogP contribution in [0.3, 0.4) is 0 Å². The lowest BCUT2D eigenvalue weighted by Crippen LogP contribution is -2.05. The number of imidazole rings is 1. The fourth-order valence-corrected chi connectivity index (χ4v) is 2.57. The molecule has 1 aromatic rings. The van der Waals surface area contributed by atoms with Crippen LogP contribution in [0.2, 0.25) is 0 Å². The molecule has 0 radical (unpaired) electrons. The highest BCUT2D eigenvalue weighted by molar-refractivity contribution is 8.13. The quantitative estimate of drug-likeness (QED) is 0.777. The lowest BCUT2D eigenvalue weighted by atomic mass is 10.2. The van der Waals surface area contributed by atoms with Crippen LogP contribution in [-0.4, -0.2) is 18.0 Å². The predicted molar refractivity (Wildman–Crippen MR) is 66.7 cm³/mol. The summed E-state index contributed by atoms with van der Waals surface area (Å²) in [6.07, 6.45) is 5.25. The molecule has 17 heavy (non-hydrogen) atoms. The van der Waals surface area contributed by atoms with Crippen LogP contribution in [0.5, 0.6) is 0 Å². The Kier molecular flexibility index (Phi) is 3.50. The van der Waals surface area contributed by atoms with Crippen LogP contribution in [-0.2, 0) is 15.6 Å². The summed E-state index contributed by atoms with van der Waals surface area (Å²) in [5, 5.41) is -0.0290. The van der Waals surface area contributed by atoms with E-state index >= 15 is 0 Å². The molecule has 96 valence electrons. The van der Waals surface area contributed by atoms with Crippen molar-refractivity contribution < 1.29 is 8.42 Å². The molecule has 1 saturated carbocycles. The molecule has 4 nitrogen and oxygen atoms in total. The zero-order chi connectivity index (χ0) is 12.6. The van der Waals surface area contributed by atoms with Gasteiger partial charge in [-0.05, 0) is 12.3 Å². The molecule has 1 fully saturated rings. The molecule has 0 spiro atoms. The maximum absolute atomic E-state index is 11.3. The molecule has 0 amide bonds. The third kappa shape index (κ3) is 3.22. The van der Waals surface area contributed by atoms with Crippen molar-refractivity contribution in [3.63, 3.8) is 0 Å². The first kappa shape index (κ1) is 12.9. The molecule has 0 bridgehead atoms. The van der Waals surface area contributed by atoms with E-state index in [0.29, 0.717) is 0 Å². The molecule has 1 aliphatic rings. The minimum atomic E-state index is -3.72. The average molecular weight is 277 g/mol. The summed E-state index contributed by atoms with van der Waals surface area (Å²) in [4.78, 5) is 4.12. The fourth-order valence-electron chi connectivity index (χ4n) is 1.89. The molecule has 0 N–H and O–H groups in total. The van der Waals surface area contributed by atoms with Crippen molar-refractivity contribution in [2.75, 3.05) is 0 Å². The average Bonchev–Trinajstić information content (AvgIpc) is 2.91. The maximum Gasteiger partial charge on any atom is 0.280 e. The summed E-state index contributed by atoms with van der Waals surface area (Å²) < 4.78 is 24.5. The topological polar surface area (TPSA) is 52.0 Å². The molecule has 1 heterocycles. The summed E-state index contributed by atoms with van der Waals surface area (Å²) in [6, 6.07) is 0. The highest BCUT2D eigenvalue weighted by Gasteiger charge is 2.23. The van der Waals surface area contributed by atoms with E-state index in [0.717, 1.165) is 24.7 Å². The van der Waals surface area contributed by atoms with E-state index in [1.54, 1.807) is 6.20 Å². The summed E-state index contributed by atoms with van der Waals surface area (Å²) >= 11 is 0. The third-order valence-electron chi connectivity index (χ3n) is 3.03. The minimum Gasteiger partial charge on any atom is -0.333 e.